The third kappa shape index (κ3) is 2.85. The number of amidine groups is 1. The maximum absolute atomic E-state index is 8.67. The summed E-state index contributed by atoms with van der Waals surface area (Å²) in [5.41, 5.74) is 5.90. The summed E-state index contributed by atoms with van der Waals surface area (Å²) in [4.78, 5) is 4.04. The summed E-state index contributed by atoms with van der Waals surface area (Å²) < 4.78 is 11.0. The number of nitrogens with two attached hydrogens (primary N) is 1. The van der Waals surface area contributed by atoms with Crippen LogP contribution >= 0.6 is 0 Å². The number of ether oxygens (including phenoxy) is 2. The number of rotatable bonds is 3. The van der Waals surface area contributed by atoms with E-state index in [9.17, 15) is 0 Å². The van der Waals surface area contributed by atoms with Crippen molar-refractivity contribution in [3.05, 3.63) is 24.0 Å². The zero-order valence-corrected chi connectivity index (χ0v) is 9.37. The number of nitrogens with zero attached hydrogens (tertiary/aromatic N) is 2. The Kier molecular flexibility index (Phi) is 3.77. The molecule has 0 radical (unpaired) electrons. The largest absolute Gasteiger partial charge is 0.488 e. The Morgan fingerprint density at radius 2 is 2.29 bits per heavy atom. The van der Waals surface area contributed by atoms with Gasteiger partial charge in [-0.1, -0.05) is 5.16 Å². The zero-order valence-electron chi connectivity index (χ0n) is 9.37. The molecule has 2 heterocycles. The highest BCUT2D eigenvalue weighted by atomic mass is 16.5. The molecular weight excluding hydrogens is 222 g/mol. The van der Waals surface area contributed by atoms with E-state index in [-0.39, 0.29) is 11.9 Å². The van der Waals surface area contributed by atoms with E-state index in [1.54, 1.807) is 18.3 Å². The quantitative estimate of drug-likeness (QED) is 0.350. The summed E-state index contributed by atoms with van der Waals surface area (Å²) in [5, 5.41) is 11.6. The van der Waals surface area contributed by atoms with Crippen LogP contribution in [-0.2, 0) is 4.74 Å². The van der Waals surface area contributed by atoms with Gasteiger partial charge in [0.05, 0.1) is 13.2 Å². The number of hydrogen-bond donors (Lipinski definition) is 2. The van der Waals surface area contributed by atoms with Crippen LogP contribution in [0.1, 0.15) is 18.5 Å². The van der Waals surface area contributed by atoms with E-state index >= 15 is 0 Å². The molecule has 92 valence electrons. The van der Waals surface area contributed by atoms with Gasteiger partial charge in [-0.15, -0.1) is 0 Å². The van der Waals surface area contributed by atoms with Crippen molar-refractivity contribution in [1.82, 2.24) is 4.98 Å². The molecule has 2 rings (SSSR count). The molecular formula is C11H15N3O3. The number of pyridine rings is 1. The molecule has 0 amide bonds. The predicted molar refractivity (Wildman–Crippen MR) is 61.2 cm³/mol. The molecule has 0 spiro atoms. The van der Waals surface area contributed by atoms with E-state index in [2.05, 4.69) is 10.1 Å². The molecule has 1 aromatic heterocycles. The molecule has 1 aliphatic heterocycles. The SMILES string of the molecule is N/C(=N/O)c1ncccc1OC1CCOCC1. The first-order valence-corrected chi connectivity index (χ1v) is 5.48. The van der Waals surface area contributed by atoms with Crippen molar-refractivity contribution >= 4 is 5.84 Å². The molecule has 0 atom stereocenters. The van der Waals surface area contributed by atoms with Crippen LogP contribution in [0.15, 0.2) is 23.5 Å². The lowest BCUT2D eigenvalue weighted by Crippen LogP contribution is -2.27. The van der Waals surface area contributed by atoms with Gasteiger partial charge in [0.15, 0.2) is 11.5 Å². The van der Waals surface area contributed by atoms with E-state index < -0.39 is 0 Å². The lowest BCUT2D eigenvalue weighted by molar-refractivity contribution is 0.0253. The molecule has 1 aliphatic rings. The molecule has 0 aliphatic carbocycles. The van der Waals surface area contributed by atoms with Crippen molar-refractivity contribution in [2.24, 2.45) is 10.9 Å². The van der Waals surface area contributed by atoms with Gasteiger partial charge in [-0.25, -0.2) is 4.98 Å². The van der Waals surface area contributed by atoms with E-state index in [1.165, 1.54) is 0 Å². The number of aromatic nitrogens is 1. The van der Waals surface area contributed by atoms with Crippen LogP contribution < -0.4 is 10.5 Å². The van der Waals surface area contributed by atoms with Gasteiger partial charge in [0.2, 0.25) is 0 Å². The second kappa shape index (κ2) is 5.49. The van der Waals surface area contributed by atoms with E-state index in [4.69, 9.17) is 20.4 Å². The number of oxime groups is 1. The summed E-state index contributed by atoms with van der Waals surface area (Å²) in [7, 11) is 0. The Labute approximate surface area is 99.0 Å². The van der Waals surface area contributed by atoms with Gasteiger partial charge in [-0.05, 0) is 12.1 Å². The minimum absolute atomic E-state index is 0.0485. The van der Waals surface area contributed by atoms with Crippen LogP contribution in [0.4, 0.5) is 0 Å². The van der Waals surface area contributed by atoms with Crippen LogP contribution in [0.3, 0.4) is 0 Å². The van der Waals surface area contributed by atoms with E-state index in [0.717, 1.165) is 12.8 Å². The van der Waals surface area contributed by atoms with Gasteiger partial charge < -0.3 is 20.4 Å². The van der Waals surface area contributed by atoms with Crippen molar-refractivity contribution in [2.45, 2.75) is 18.9 Å². The Bertz CT molecular complexity index is 403. The smallest absolute Gasteiger partial charge is 0.192 e. The summed E-state index contributed by atoms with van der Waals surface area (Å²) in [6.45, 7) is 1.40. The molecule has 0 unspecified atom stereocenters. The second-order valence-electron chi connectivity index (χ2n) is 3.76. The van der Waals surface area contributed by atoms with Crippen molar-refractivity contribution < 1.29 is 14.7 Å². The van der Waals surface area contributed by atoms with Gasteiger partial charge in [0, 0.05) is 19.0 Å². The van der Waals surface area contributed by atoms with Crippen molar-refractivity contribution in [1.29, 1.82) is 0 Å². The lowest BCUT2D eigenvalue weighted by Gasteiger charge is -2.23. The topological polar surface area (TPSA) is 90.0 Å². The first kappa shape index (κ1) is 11.7. The minimum atomic E-state index is -0.0485. The highest BCUT2D eigenvalue weighted by Gasteiger charge is 2.18. The van der Waals surface area contributed by atoms with Crippen molar-refractivity contribution in [3.8, 4) is 5.75 Å². The van der Waals surface area contributed by atoms with Crippen LogP contribution in [0.5, 0.6) is 5.75 Å². The Morgan fingerprint density at radius 1 is 1.53 bits per heavy atom. The lowest BCUT2D eigenvalue weighted by atomic mass is 10.1. The highest BCUT2D eigenvalue weighted by Crippen LogP contribution is 2.20. The molecule has 0 bridgehead atoms. The molecule has 1 aromatic rings. The molecule has 0 saturated carbocycles. The molecule has 0 aromatic carbocycles. The van der Waals surface area contributed by atoms with Crippen LogP contribution in [0.25, 0.3) is 0 Å². The number of hydrogen-bond acceptors (Lipinski definition) is 5. The molecule has 6 heteroatoms. The van der Waals surface area contributed by atoms with Gasteiger partial charge in [0.25, 0.3) is 0 Å². The molecule has 17 heavy (non-hydrogen) atoms. The summed E-state index contributed by atoms with van der Waals surface area (Å²) in [5.74, 6) is 0.488. The first-order valence-electron chi connectivity index (χ1n) is 5.48. The second-order valence-corrected chi connectivity index (χ2v) is 3.76. The van der Waals surface area contributed by atoms with Gasteiger partial charge >= 0.3 is 0 Å². The molecule has 6 nitrogen and oxygen atoms in total. The summed E-state index contributed by atoms with van der Waals surface area (Å²) in [6.07, 6.45) is 3.34. The highest BCUT2D eigenvalue weighted by molar-refractivity contribution is 5.97. The molecule has 3 N–H and O–H groups in total. The molecule has 1 fully saturated rings. The third-order valence-corrected chi connectivity index (χ3v) is 2.58. The van der Waals surface area contributed by atoms with Crippen LogP contribution in [-0.4, -0.2) is 35.3 Å². The van der Waals surface area contributed by atoms with Gasteiger partial charge in [0.1, 0.15) is 11.9 Å². The Balaban J connectivity index is 2.14. The Hall–Kier alpha value is -1.82. The van der Waals surface area contributed by atoms with E-state index in [1.807, 2.05) is 0 Å². The fourth-order valence-corrected chi connectivity index (χ4v) is 1.70. The first-order chi connectivity index (χ1) is 8.31. The van der Waals surface area contributed by atoms with Crippen LogP contribution in [0.2, 0.25) is 0 Å². The fraction of sp³-hybridized carbons (Fsp3) is 0.455. The third-order valence-electron chi connectivity index (χ3n) is 2.58. The van der Waals surface area contributed by atoms with Crippen molar-refractivity contribution in [2.75, 3.05) is 13.2 Å². The standard InChI is InChI=1S/C11H15N3O3/c12-11(14-15)10-9(2-1-5-13-10)17-8-3-6-16-7-4-8/h1-2,5,8,15H,3-4,6-7H2,(H2,12,14). The maximum atomic E-state index is 8.67. The predicted octanol–water partition coefficient (Wildman–Crippen LogP) is 0.734. The fourth-order valence-electron chi connectivity index (χ4n) is 1.70. The molecule has 1 saturated heterocycles. The maximum Gasteiger partial charge on any atom is 0.192 e. The average Bonchev–Trinajstić information content (AvgIpc) is 2.40. The van der Waals surface area contributed by atoms with Gasteiger partial charge in [-0.3, -0.25) is 0 Å². The minimum Gasteiger partial charge on any atom is -0.488 e. The monoisotopic (exact) mass is 237 g/mol. The summed E-state index contributed by atoms with van der Waals surface area (Å²) in [6, 6.07) is 3.51. The average molecular weight is 237 g/mol. The Morgan fingerprint density at radius 3 is 3.00 bits per heavy atom. The van der Waals surface area contributed by atoms with Gasteiger partial charge in [-0.2, -0.15) is 0 Å². The van der Waals surface area contributed by atoms with E-state index in [0.29, 0.717) is 24.7 Å². The summed E-state index contributed by atoms with van der Waals surface area (Å²) >= 11 is 0. The normalized spacial score (nSPS) is 18.0. The van der Waals surface area contributed by atoms with Crippen molar-refractivity contribution in [3.63, 3.8) is 0 Å². The van der Waals surface area contributed by atoms with Crippen LogP contribution in [0, 0.1) is 0 Å². The zero-order chi connectivity index (χ0) is 12.1.